The first-order valence-electron chi connectivity index (χ1n) is 6.92. The van der Waals surface area contributed by atoms with Gasteiger partial charge in [-0.2, -0.15) is 0 Å². The topological polar surface area (TPSA) is 41.5 Å². The van der Waals surface area contributed by atoms with Gasteiger partial charge in [-0.1, -0.05) is 23.8 Å². The molecule has 2 rings (SSSR count). The zero-order valence-electron chi connectivity index (χ0n) is 12.3. The van der Waals surface area contributed by atoms with E-state index in [0.29, 0.717) is 12.2 Å². The number of hydrogen-bond donors (Lipinski definition) is 2. The van der Waals surface area contributed by atoms with Crippen LogP contribution in [0.4, 0.5) is 10.1 Å². The van der Waals surface area contributed by atoms with Gasteiger partial charge in [0.15, 0.2) is 0 Å². The molecule has 0 bridgehead atoms. The molecule has 0 radical (unpaired) electrons. The van der Waals surface area contributed by atoms with Crippen molar-refractivity contribution in [2.45, 2.75) is 20.0 Å². The molecule has 1 atom stereocenters. The first-order chi connectivity index (χ1) is 10.0. The maximum atomic E-state index is 13.0. The molecule has 0 saturated carbocycles. The van der Waals surface area contributed by atoms with Crippen LogP contribution >= 0.6 is 0 Å². The Hall–Kier alpha value is -2.07. The molecule has 0 fully saturated rings. The normalized spacial score (nSPS) is 12.0. The van der Waals surface area contributed by atoms with Crippen molar-refractivity contribution < 1.29 is 14.2 Å². The molecule has 1 unspecified atom stereocenters. The summed E-state index contributed by atoms with van der Waals surface area (Å²) in [4.78, 5) is 0. The van der Waals surface area contributed by atoms with Gasteiger partial charge in [-0.3, -0.25) is 0 Å². The smallest absolute Gasteiger partial charge is 0.125 e. The molecular formula is C17H20FNO2. The quantitative estimate of drug-likeness (QED) is 0.857. The Bertz CT molecular complexity index is 601. The number of nitrogens with one attached hydrogen (secondary N) is 1. The highest BCUT2D eigenvalue weighted by atomic mass is 19.1. The number of aryl methyl sites for hydroxylation is 2. The predicted molar refractivity (Wildman–Crippen MR) is 82.3 cm³/mol. The van der Waals surface area contributed by atoms with E-state index in [1.807, 2.05) is 32.0 Å². The van der Waals surface area contributed by atoms with Crippen LogP contribution < -0.4 is 10.1 Å². The Morgan fingerprint density at radius 2 is 2.00 bits per heavy atom. The van der Waals surface area contributed by atoms with Gasteiger partial charge in [0.1, 0.15) is 24.3 Å². The number of hydrogen-bond acceptors (Lipinski definition) is 3. The van der Waals surface area contributed by atoms with Gasteiger partial charge < -0.3 is 15.2 Å². The second-order valence-electron chi connectivity index (χ2n) is 5.13. The second-order valence-corrected chi connectivity index (χ2v) is 5.13. The standard InChI is InChI=1S/C17H20FNO2/c1-12-6-7-17(13(2)8-12)21-11-16(20)10-19-15-5-3-4-14(18)9-15/h3-9,16,19-20H,10-11H2,1-2H3. The van der Waals surface area contributed by atoms with E-state index in [4.69, 9.17) is 4.74 Å². The van der Waals surface area contributed by atoms with Crippen LogP contribution in [-0.2, 0) is 0 Å². The van der Waals surface area contributed by atoms with E-state index in [0.717, 1.165) is 11.3 Å². The van der Waals surface area contributed by atoms with Crippen LogP contribution in [0, 0.1) is 19.7 Å². The van der Waals surface area contributed by atoms with Crippen LogP contribution in [0.25, 0.3) is 0 Å². The monoisotopic (exact) mass is 289 g/mol. The first-order valence-corrected chi connectivity index (χ1v) is 6.92. The molecule has 3 nitrogen and oxygen atoms in total. The van der Waals surface area contributed by atoms with Gasteiger partial charge in [0.25, 0.3) is 0 Å². The zero-order valence-corrected chi connectivity index (χ0v) is 12.3. The highest BCUT2D eigenvalue weighted by Crippen LogP contribution is 2.18. The third kappa shape index (κ3) is 4.76. The van der Waals surface area contributed by atoms with Crippen molar-refractivity contribution in [3.05, 3.63) is 59.4 Å². The largest absolute Gasteiger partial charge is 0.491 e. The summed E-state index contributed by atoms with van der Waals surface area (Å²) in [6, 6.07) is 12.0. The molecule has 0 heterocycles. The molecule has 0 aromatic heterocycles. The number of halogens is 1. The van der Waals surface area contributed by atoms with Gasteiger partial charge in [-0.25, -0.2) is 4.39 Å². The lowest BCUT2D eigenvalue weighted by atomic mass is 10.1. The van der Waals surface area contributed by atoms with Crippen LogP contribution in [0.3, 0.4) is 0 Å². The first kappa shape index (κ1) is 15.3. The molecular weight excluding hydrogens is 269 g/mol. The average Bonchev–Trinajstić information content (AvgIpc) is 2.44. The molecule has 0 aliphatic heterocycles. The van der Waals surface area contributed by atoms with Crippen LogP contribution in [0.5, 0.6) is 5.75 Å². The zero-order chi connectivity index (χ0) is 15.2. The summed E-state index contributed by atoms with van der Waals surface area (Å²) in [5.74, 6) is 0.464. The predicted octanol–water partition coefficient (Wildman–Crippen LogP) is 3.29. The lowest BCUT2D eigenvalue weighted by Gasteiger charge is -2.15. The van der Waals surface area contributed by atoms with E-state index in [-0.39, 0.29) is 12.4 Å². The lowest BCUT2D eigenvalue weighted by molar-refractivity contribution is 0.117. The Balaban J connectivity index is 1.80. The minimum Gasteiger partial charge on any atom is -0.491 e. The van der Waals surface area contributed by atoms with Gasteiger partial charge in [-0.05, 0) is 43.7 Å². The number of aliphatic hydroxyl groups excluding tert-OH is 1. The summed E-state index contributed by atoms with van der Waals surface area (Å²) in [6.07, 6.45) is -0.672. The second kappa shape index (κ2) is 7.09. The number of ether oxygens (including phenoxy) is 1. The summed E-state index contributed by atoms with van der Waals surface area (Å²) in [5.41, 5.74) is 2.86. The Kier molecular flexibility index (Phi) is 5.17. The molecule has 0 aliphatic rings. The highest BCUT2D eigenvalue weighted by molar-refractivity contribution is 5.43. The van der Waals surface area contributed by atoms with Crippen molar-refractivity contribution in [1.29, 1.82) is 0 Å². The van der Waals surface area contributed by atoms with E-state index in [2.05, 4.69) is 5.32 Å². The molecule has 2 aromatic carbocycles. The van der Waals surface area contributed by atoms with E-state index < -0.39 is 6.10 Å². The van der Waals surface area contributed by atoms with Gasteiger partial charge in [0.2, 0.25) is 0 Å². The fourth-order valence-electron chi connectivity index (χ4n) is 2.04. The molecule has 112 valence electrons. The summed E-state index contributed by atoms with van der Waals surface area (Å²) < 4.78 is 18.6. The van der Waals surface area contributed by atoms with Crippen molar-refractivity contribution in [1.82, 2.24) is 0 Å². The minimum absolute atomic E-state index is 0.187. The SMILES string of the molecule is Cc1ccc(OCC(O)CNc2cccc(F)c2)c(C)c1. The number of aliphatic hydroxyl groups is 1. The third-order valence-corrected chi connectivity index (χ3v) is 3.13. The maximum absolute atomic E-state index is 13.0. The van der Waals surface area contributed by atoms with Crippen molar-refractivity contribution in [2.75, 3.05) is 18.5 Å². The fourth-order valence-corrected chi connectivity index (χ4v) is 2.04. The molecule has 4 heteroatoms. The lowest BCUT2D eigenvalue weighted by Crippen LogP contribution is -2.26. The van der Waals surface area contributed by atoms with Gasteiger partial charge in [0, 0.05) is 12.2 Å². The van der Waals surface area contributed by atoms with Crippen LogP contribution in [-0.4, -0.2) is 24.4 Å². The van der Waals surface area contributed by atoms with Crippen LogP contribution in [0.15, 0.2) is 42.5 Å². The minimum atomic E-state index is -0.672. The highest BCUT2D eigenvalue weighted by Gasteiger charge is 2.07. The molecule has 0 aliphatic carbocycles. The van der Waals surface area contributed by atoms with Crippen LogP contribution in [0.1, 0.15) is 11.1 Å². The Morgan fingerprint density at radius 3 is 2.71 bits per heavy atom. The van der Waals surface area contributed by atoms with Gasteiger partial charge >= 0.3 is 0 Å². The number of benzene rings is 2. The molecule has 2 aromatic rings. The Morgan fingerprint density at radius 1 is 1.19 bits per heavy atom. The van der Waals surface area contributed by atoms with E-state index in [1.54, 1.807) is 12.1 Å². The van der Waals surface area contributed by atoms with Crippen molar-refractivity contribution in [3.8, 4) is 5.75 Å². The van der Waals surface area contributed by atoms with Crippen LogP contribution in [0.2, 0.25) is 0 Å². The van der Waals surface area contributed by atoms with Crippen molar-refractivity contribution >= 4 is 5.69 Å². The van der Waals surface area contributed by atoms with E-state index in [9.17, 15) is 9.50 Å². The van der Waals surface area contributed by atoms with Gasteiger partial charge in [-0.15, -0.1) is 0 Å². The summed E-state index contributed by atoms with van der Waals surface area (Å²) in [7, 11) is 0. The maximum Gasteiger partial charge on any atom is 0.125 e. The number of rotatable bonds is 6. The third-order valence-electron chi connectivity index (χ3n) is 3.13. The van der Waals surface area contributed by atoms with E-state index >= 15 is 0 Å². The molecule has 0 spiro atoms. The van der Waals surface area contributed by atoms with E-state index in [1.165, 1.54) is 17.7 Å². The number of anilines is 1. The Labute approximate surface area is 124 Å². The molecule has 0 amide bonds. The summed E-state index contributed by atoms with van der Waals surface area (Å²) in [6.45, 7) is 4.48. The summed E-state index contributed by atoms with van der Waals surface area (Å²) in [5, 5.41) is 12.9. The summed E-state index contributed by atoms with van der Waals surface area (Å²) >= 11 is 0. The molecule has 21 heavy (non-hydrogen) atoms. The van der Waals surface area contributed by atoms with Gasteiger partial charge in [0.05, 0.1) is 0 Å². The average molecular weight is 289 g/mol. The fraction of sp³-hybridized carbons (Fsp3) is 0.294. The van der Waals surface area contributed by atoms with Crippen molar-refractivity contribution in [2.24, 2.45) is 0 Å². The molecule has 0 saturated heterocycles. The molecule has 2 N–H and O–H groups in total. The van der Waals surface area contributed by atoms with Crippen molar-refractivity contribution in [3.63, 3.8) is 0 Å².